The zero-order valence-corrected chi connectivity index (χ0v) is 9.15. The van der Waals surface area contributed by atoms with Gasteiger partial charge in [-0.25, -0.2) is 13.6 Å². The molecule has 0 amide bonds. The van der Waals surface area contributed by atoms with Gasteiger partial charge in [0.05, 0.1) is 5.69 Å². The summed E-state index contributed by atoms with van der Waals surface area (Å²) in [7, 11) is -4.01. The van der Waals surface area contributed by atoms with Gasteiger partial charge < -0.3 is 10.8 Å². The highest BCUT2D eigenvalue weighted by Gasteiger charge is 2.09. The van der Waals surface area contributed by atoms with Crippen molar-refractivity contribution in [2.24, 2.45) is 5.14 Å². The molecule has 0 bridgehead atoms. The first kappa shape index (κ1) is 14.1. The summed E-state index contributed by atoms with van der Waals surface area (Å²) in [5, 5.41) is 12.0. The van der Waals surface area contributed by atoms with Gasteiger partial charge in [-0.2, -0.15) is 0 Å². The third-order valence-electron chi connectivity index (χ3n) is 1.38. The van der Waals surface area contributed by atoms with Gasteiger partial charge in [0.2, 0.25) is 0 Å². The van der Waals surface area contributed by atoms with Crippen molar-refractivity contribution >= 4 is 20.8 Å². The lowest BCUT2D eigenvalue weighted by atomic mass is 10.3. The minimum absolute atomic E-state index is 0.146. The van der Waals surface area contributed by atoms with Crippen molar-refractivity contribution in [1.82, 2.24) is 0 Å². The lowest BCUT2D eigenvalue weighted by Gasteiger charge is -1.92. The molecule has 0 unspecified atom stereocenters. The largest absolute Gasteiger partial charge is 0.506 e. The molecule has 16 heavy (non-hydrogen) atoms. The molecular formula is C9H12N2O4S. The van der Waals surface area contributed by atoms with Crippen molar-refractivity contribution in [3.63, 3.8) is 0 Å². The molecule has 0 heterocycles. The predicted molar refractivity (Wildman–Crippen MR) is 60.8 cm³/mol. The quantitative estimate of drug-likeness (QED) is 0.363. The maximum atomic E-state index is 10.0. The van der Waals surface area contributed by atoms with Crippen LogP contribution in [0, 0.1) is 0 Å². The van der Waals surface area contributed by atoms with Crippen molar-refractivity contribution in [2.45, 2.75) is 0 Å². The molecule has 0 aliphatic heterocycles. The number of rotatable bonds is 1. The summed E-state index contributed by atoms with van der Waals surface area (Å²) in [5.41, 5.74) is 5.69. The molecule has 7 heteroatoms. The van der Waals surface area contributed by atoms with Crippen molar-refractivity contribution in [2.75, 3.05) is 5.73 Å². The van der Waals surface area contributed by atoms with Crippen LogP contribution in [0.2, 0.25) is 0 Å². The fourth-order valence-electron chi connectivity index (χ4n) is 0.604. The Morgan fingerprint density at radius 1 is 1.38 bits per heavy atom. The standard InChI is InChI=1S/C6H7NO.C3H5NO3S/c7-5-3-1-2-4-6(5)8;1-2-3(5)8(4,6)7/h1-4,8H,7H2;2H,1H2,(H2,4,6,7). The van der Waals surface area contributed by atoms with Crippen molar-refractivity contribution in [1.29, 1.82) is 0 Å². The third kappa shape index (κ3) is 5.13. The van der Waals surface area contributed by atoms with E-state index in [0.29, 0.717) is 11.8 Å². The van der Waals surface area contributed by atoms with Gasteiger partial charge in [0.15, 0.2) is 0 Å². The monoisotopic (exact) mass is 244 g/mol. The number of benzene rings is 1. The highest BCUT2D eigenvalue weighted by atomic mass is 32.2. The number of carbonyl (C=O) groups excluding carboxylic acids is 1. The molecule has 0 saturated heterocycles. The number of para-hydroxylation sites is 2. The number of hydrogen-bond donors (Lipinski definition) is 3. The zero-order chi connectivity index (χ0) is 12.8. The van der Waals surface area contributed by atoms with Crippen LogP contribution in [-0.4, -0.2) is 18.6 Å². The average molecular weight is 244 g/mol. The molecule has 88 valence electrons. The summed E-state index contributed by atoms with van der Waals surface area (Å²) in [4.78, 5) is 10.0. The Morgan fingerprint density at radius 2 is 1.88 bits per heavy atom. The number of phenolic OH excluding ortho intramolecular Hbond substituents is 1. The lowest BCUT2D eigenvalue weighted by molar-refractivity contribution is -0.107. The molecule has 5 N–H and O–H groups in total. The molecule has 0 radical (unpaired) electrons. The van der Waals surface area contributed by atoms with E-state index in [-0.39, 0.29) is 5.75 Å². The van der Waals surface area contributed by atoms with E-state index in [1.165, 1.54) is 0 Å². The normalized spacial score (nSPS) is 9.81. The fourth-order valence-corrected chi connectivity index (χ4v) is 0.836. The smallest absolute Gasteiger partial charge is 0.283 e. The summed E-state index contributed by atoms with van der Waals surface area (Å²) < 4.78 is 19.8. The number of hydrogen-bond acceptors (Lipinski definition) is 5. The molecule has 0 saturated carbocycles. The lowest BCUT2D eigenvalue weighted by Crippen LogP contribution is -2.20. The molecule has 1 rings (SSSR count). The number of phenols is 1. The highest BCUT2D eigenvalue weighted by molar-refractivity contribution is 8.04. The Balaban J connectivity index is 0.000000281. The molecule has 0 spiro atoms. The Morgan fingerprint density at radius 3 is 2.06 bits per heavy atom. The molecule has 1 aromatic carbocycles. The van der Waals surface area contributed by atoms with Crippen molar-refractivity contribution < 1.29 is 18.3 Å². The van der Waals surface area contributed by atoms with Gasteiger partial charge in [0.25, 0.3) is 15.1 Å². The topological polar surface area (TPSA) is 123 Å². The Kier molecular flexibility index (Phi) is 5.20. The van der Waals surface area contributed by atoms with E-state index in [1.807, 2.05) is 0 Å². The molecule has 0 aliphatic rings. The minimum Gasteiger partial charge on any atom is -0.506 e. The number of aromatic hydroxyl groups is 1. The minimum atomic E-state index is -4.01. The van der Waals surface area contributed by atoms with Crippen LogP contribution in [0.4, 0.5) is 5.69 Å². The number of anilines is 1. The Bertz CT molecular complexity index is 461. The van der Waals surface area contributed by atoms with Crippen LogP contribution in [0.25, 0.3) is 0 Å². The van der Waals surface area contributed by atoms with E-state index in [0.717, 1.165) is 0 Å². The van der Waals surface area contributed by atoms with Gasteiger partial charge in [-0.1, -0.05) is 18.7 Å². The van der Waals surface area contributed by atoms with Crippen molar-refractivity contribution in [3.8, 4) is 5.75 Å². The Hall–Kier alpha value is -1.86. The molecule has 1 aromatic rings. The SMILES string of the molecule is C=CC(=O)S(N)(=O)=O.Nc1ccccc1O. The molecule has 0 fully saturated rings. The molecule has 0 aliphatic carbocycles. The van der Waals surface area contributed by atoms with Gasteiger partial charge in [-0.15, -0.1) is 0 Å². The van der Waals surface area contributed by atoms with Crippen LogP contribution in [0.1, 0.15) is 0 Å². The number of nitrogen functional groups attached to an aromatic ring is 1. The van der Waals surface area contributed by atoms with E-state index >= 15 is 0 Å². The van der Waals surface area contributed by atoms with Gasteiger partial charge in [-0.05, 0) is 18.2 Å². The summed E-state index contributed by atoms with van der Waals surface area (Å²) in [5.74, 6) is 0.146. The zero-order valence-electron chi connectivity index (χ0n) is 8.33. The number of nitrogens with two attached hydrogens (primary N) is 2. The van der Waals surface area contributed by atoms with Gasteiger partial charge in [-0.3, -0.25) is 4.79 Å². The number of carbonyl (C=O) groups is 1. The van der Waals surface area contributed by atoms with Crippen LogP contribution in [0.3, 0.4) is 0 Å². The van der Waals surface area contributed by atoms with Crippen molar-refractivity contribution in [3.05, 3.63) is 36.9 Å². The van der Waals surface area contributed by atoms with E-state index in [1.54, 1.807) is 24.3 Å². The maximum absolute atomic E-state index is 10.0. The van der Waals surface area contributed by atoms with Crippen LogP contribution >= 0.6 is 0 Å². The van der Waals surface area contributed by atoms with Gasteiger partial charge >= 0.3 is 0 Å². The highest BCUT2D eigenvalue weighted by Crippen LogP contribution is 2.16. The molecule has 6 nitrogen and oxygen atoms in total. The van der Waals surface area contributed by atoms with E-state index < -0.39 is 15.1 Å². The fraction of sp³-hybridized carbons (Fsp3) is 0. The third-order valence-corrected chi connectivity index (χ3v) is 2.11. The second-order valence-electron chi connectivity index (χ2n) is 2.63. The van der Waals surface area contributed by atoms with Crippen LogP contribution in [0.5, 0.6) is 5.75 Å². The maximum Gasteiger partial charge on any atom is 0.283 e. The Labute approximate surface area is 93.2 Å². The van der Waals surface area contributed by atoms with E-state index in [2.05, 4.69) is 11.7 Å². The average Bonchev–Trinajstić information content (AvgIpc) is 2.21. The van der Waals surface area contributed by atoms with E-state index in [4.69, 9.17) is 10.8 Å². The second-order valence-corrected chi connectivity index (χ2v) is 4.12. The summed E-state index contributed by atoms with van der Waals surface area (Å²) in [6.45, 7) is 2.92. The summed E-state index contributed by atoms with van der Waals surface area (Å²) >= 11 is 0. The van der Waals surface area contributed by atoms with Crippen LogP contribution < -0.4 is 10.9 Å². The number of primary sulfonamides is 1. The van der Waals surface area contributed by atoms with Crippen LogP contribution in [0.15, 0.2) is 36.9 Å². The summed E-state index contributed by atoms with van der Waals surface area (Å²) in [6.07, 6.45) is 0.648. The van der Waals surface area contributed by atoms with Gasteiger partial charge in [0.1, 0.15) is 5.75 Å². The molecule has 0 atom stereocenters. The molecule has 0 aromatic heterocycles. The van der Waals surface area contributed by atoms with Crippen LogP contribution in [-0.2, 0) is 14.8 Å². The summed E-state index contributed by atoms with van der Waals surface area (Å²) in [6, 6.07) is 6.70. The first-order chi connectivity index (χ1) is 7.29. The second kappa shape index (κ2) is 5.89. The molecular weight excluding hydrogens is 232 g/mol. The number of sulfonamides is 1. The predicted octanol–water partition coefficient (Wildman–Crippen LogP) is -0.0381. The van der Waals surface area contributed by atoms with E-state index in [9.17, 15) is 13.2 Å². The first-order valence-corrected chi connectivity index (χ1v) is 5.56. The first-order valence-electron chi connectivity index (χ1n) is 4.01. The van der Waals surface area contributed by atoms with Gasteiger partial charge in [0, 0.05) is 0 Å².